The fourth-order valence-corrected chi connectivity index (χ4v) is 2.63. The molecule has 25 heavy (non-hydrogen) atoms. The van der Waals surface area contributed by atoms with Gasteiger partial charge in [0.05, 0.1) is 0 Å². The van der Waals surface area contributed by atoms with Gasteiger partial charge in [-0.1, -0.05) is 0 Å². The van der Waals surface area contributed by atoms with Crippen LogP contribution >= 0.6 is 0 Å². The summed E-state index contributed by atoms with van der Waals surface area (Å²) in [7, 11) is 0. The summed E-state index contributed by atoms with van der Waals surface area (Å²) in [4.78, 5) is 28.1. The molecule has 0 unspecified atom stereocenters. The first kappa shape index (κ1) is 15.1. The van der Waals surface area contributed by atoms with E-state index in [0.717, 1.165) is 5.82 Å². The van der Waals surface area contributed by atoms with E-state index in [4.69, 9.17) is 0 Å². The number of rotatable bonds is 3. The largest absolute Gasteiger partial charge is 0.352 e. The van der Waals surface area contributed by atoms with Gasteiger partial charge in [0.15, 0.2) is 11.6 Å². The van der Waals surface area contributed by atoms with Crippen LogP contribution < -0.4 is 4.90 Å². The number of hydrogen-bond acceptors (Lipinski definition) is 8. The highest BCUT2D eigenvalue weighted by Crippen LogP contribution is 2.14. The molecule has 0 radical (unpaired) electrons. The molecule has 10 nitrogen and oxygen atoms in total. The number of carbonyl (C=O) groups excluding carboxylic acids is 1. The average molecular weight is 337 g/mol. The van der Waals surface area contributed by atoms with E-state index in [9.17, 15) is 4.79 Å². The second-order valence-corrected chi connectivity index (χ2v) is 5.44. The first-order chi connectivity index (χ1) is 12.3. The van der Waals surface area contributed by atoms with E-state index in [1.54, 1.807) is 34.4 Å². The van der Waals surface area contributed by atoms with Crippen LogP contribution in [0.3, 0.4) is 0 Å². The van der Waals surface area contributed by atoms with Gasteiger partial charge < -0.3 is 9.80 Å². The van der Waals surface area contributed by atoms with E-state index in [2.05, 4.69) is 35.1 Å². The number of aromatic nitrogens is 7. The lowest BCUT2D eigenvalue weighted by Crippen LogP contribution is -2.49. The summed E-state index contributed by atoms with van der Waals surface area (Å²) in [6.07, 6.45) is 6.16. The quantitative estimate of drug-likeness (QED) is 0.647. The molecule has 1 fully saturated rings. The van der Waals surface area contributed by atoms with Gasteiger partial charge in [0.2, 0.25) is 5.82 Å². The molecule has 10 heteroatoms. The number of carbonyl (C=O) groups is 1. The van der Waals surface area contributed by atoms with Gasteiger partial charge in [-0.25, -0.2) is 19.6 Å². The molecular weight excluding hydrogens is 322 g/mol. The Kier molecular flexibility index (Phi) is 3.99. The Morgan fingerprint density at radius 1 is 0.960 bits per heavy atom. The van der Waals surface area contributed by atoms with Crippen molar-refractivity contribution in [3.8, 4) is 5.82 Å². The van der Waals surface area contributed by atoms with Crippen molar-refractivity contribution in [2.45, 2.75) is 0 Å². The van der Waals surface area contributed by atoms with E-state index in [0.29, 0.717) is 32.0 Å². The first-order valence-corrected chi connectivity index (χ1v) is 7.81. The first-order valence-electron chi connectivity index (χ1n) is 7.81. The number of nitrogens with zero attached hydrogens (tertiary/aromatic N) is 9. The monoisotopic (exact) mass is 337 g/mol. The highest BCUT2D eigenvalue weighted by Gasteiger charge is 2.24. The maximum atomic E-state index is 12.4. The minimum Gasteiger partial charge on any atom is -0.352 e. The van der Waals surface area contributed by atoms with Gasteiger partial charge in [-0.05, 0) is 18.2 Å². The lowest BCUT2D eigenvalue weighted by atomic mass is 10.3. The lowest BCUT2D eigenvalue weighted by Gasteiger charge is -2.34. The number of anilines is 1. The van der Waals surface area contributed by atoms with Crippen LogP contribution in [-0.4, -0.2) is 71.9 Å². The topological polar surface area (TPSA) is 106 Å². The van der Waals surface area contributed by atoms with Crippen molar-refractivity contribution in [1.82, 2.24) is 39.8 Å². The highest BCUT2D eigenvalue weighted by molar-refractivity contribution is 5.90. The Bertz CT molecular complexity index is 827. The predicted octanol–water partition coefficient (Wildman–Crippen LogP) is -0.190. The Hall–Kier alpha value is -3.43. The zero-order valence-electron chi connectivity index (χ0n) is 13.3. The van der Waals surface area contributed by atoms with Crippen LogP contribution in [0.5, 0.6) is 0 Å². The third kappa shape index (κ3) is 3.13. The van der Waals surface area contributed by atoms with E-state index in [-0.39, 0.29) is 11.7 Å². The van der Waals surface area contributed by atoms with Crippen molar-refractivity contribution in [3.63, 3.8) is 0 Å². The summed E-state index contributed by atoms with van der Waals surface area (Å²) < 4.78 is 1.55. The summed E-state index contributed by atoms with van der Waals surface area (Å²) in [6.45, 7) is 2.53. The molecule has 3 aromatic rings. The van der Waals surface area contributed by atoms with E-state index in [1.165, 1.54) is 6.33 Å². The molecule has 1 aliphatic rings. The smallest absolute Gasteiger partial charge is 0.291 e. The Labute approximate surface area is 143 Å². The molecule has 0 saturated carbocycles. The zero-order valence-corrected chi connectivity index (χ0v) is 13.3. The summed E-state index contributed by atoms with van der Waals surface area (Å²) in [5.41, 5.74) is 0. The minimum absolute atomic E-state index is 0.145. The van der Waals surface area contributed by atoms with Crippen LogP contribution in [0, 0.1) is 0 Å². The molecule has 4 heterocycles. The number of amides is 1. The zero-order chi connectivity index (χ0) is 17.1. The van der Waals surface area contributed by atoms with Gasteiger partial charge in [-0.3, -0.25) is 4.79 Å². The van der Waals surface area contributed by atoms with Crippen molar-refractivity contribution in [2.24, 2.45) is 0 Å². The van der Waals surface area contributed by atoms with Crippen LogP contribution in [0.1, 0.15) is 10.6 Å². The lowest BCUT2D eigenvalue weighted by molar-refractivity contribution is 0.0734. The molecule has 0 aliphatic carbocycles. The molecule has 4 rings (SSSR count). The molecule has 1 amide bonds. The summed E-state index contributed by atoms with van der Waals surface area (Å²) in [5, 5.41) is 12.4. The molecule has 1 aliphatic heterocycles. The Morgan fingerprint density at radius 2 is 1.68 bits per heavy atom. The maximum absolute atomic E-state index is 12.4. The molecule has 0 bridgehead atoms. The maximum Gasteiger partial charge on any atom is 0.291 e. The second-order valence-electron chi connectivity index (χ2n) is 5.44. The normalized spacial score (nSPS) is 14.6. The predicted molar refractivity (Wildman–Crippen MR) is 87.1 cm³/mol. The van der Waals surface area contributed by atoms with Gasteiger partial charge in [0.25, 0.3) is 5.91 Å². The second kappa shape index (κ2) is 6.59. The van der Waals surface area contributed by atoms with Gasteiger partial charge >= 0.3 is 0 Å². The molecule has 3 aromatic heterocycles. The van der Waals surface area contributed by atoms with Crippen molar-refractivity contribution >= 4 is 11.7 Å². The summed E-state index contributed by atoms with van der Waals surface area (Å²) in [5.74, 6) is 1.46. The van der Waals surface area contributed by atoms with Crippen LogP contribution in [0.2, 0.25) is 0 Å². The fourth-order valence-electron chi connectivity index (χ4n) is 2.63. The minimum atomic E-state index is -0.145. The van der Waals surface area contributed by atoms with Gasteiger partial charge in [0.1, 0.15) is 12.7 Å². The van der Waals surface area contributed by atoms with Crippen molar-refractivity contribution in [3.05, 3.63) is 49.1 Å². The fraction of sp³-hybridized carbons (Fsp3) is 0.267. The van der Waals surface area contributed by atoms with Gasteiger partial charge in [0, 0.05) is 38.6 Å². The summed E-state index contributed by atoms with van der Waals surface area (Å²) >= 11 is 0. The molecule has 0 atom stereocenters. The molecular formula is C15H15N9O. The van der Waals surface area contributed by atoms with Gasteiger partial charge in [-0.15, -0.1) is 10.2 Å². The number of piperazine rings is 1. The molecule has 126 valence electrons. The van der Waals surface area contributed by atoms with E-state index < -0.39 is 0 Å². The molecule has 0 spiro atoms. The Morgan fingerprint density at radius 3 is 2.32 bits per heavy atom. The Balaban J connectivity index is 1.39. The summed E-state index contributed by atoms with van der Waals surface area (Å²) in [6, 6.07) is 5.42. The van der Waals surface area contributed by atoms with E-state index in [1.807, 2.05) is 12.1 Å². The van der Waals surface area contributed by atoms with Crippen molar-refractivity contribution in [2.75, 3.05) is 31.1 Å². The van der Waals surface area contributed by atoms with Crippen LogP contribution in [-0.2, 0) is 0 Å². The molecule has 0 N–H and O–H groups in total. The molecule has 1 saturated heterocycles. The van der Waals surface area contributed by atoms with Crippen molar-refractivity contribution < 1.29 is 4.79 Å². The third-order valence-electron chi connectivity index (χ3n) is 3.94. The average Bonchev–Trinajstić information content (AvgIpc) is 3.23. The van der Waals surface area contributed by atoms with E-state index >= 15 is 0 Å². The van der Waals surface area contributed by atoms with Crippen LogP contribution in [0.15, 0.2) is 43.2 Å². The standard InChI is InChI=1S/C15H15N9O/c25-15(14-17-4-1-5-18-14)23-8-6-22(7-9-23)12-2-3-13(21-20-12)24-11-16-10-19-24/h1-5,10-11H,6-9H2. The van der Waals surface area contributed by atoms with Gasteiger partial charge in [-0.2, -0.15) is 5.10 Å². The molecule has 0 aromatic carbocycles. The van der Waals surface area contributed by atoms with Crippen LogP contribution in [0.25, 0.3) is 5.82 Å². The SMILES string of the molecule is O=C(c1ncccn1)N1CCN(c2ccc(-n3cncn3)nn2)CC1. The number of hydrogen-bond donors (Lipinski definition) is 0. The third-order valence-corrected chi connectivity index (χ3v) is 3.94. The highest BCUT2D eigenvalue weighted by atomic mass is 16.2. The van der Waals surface area contributed by atoms with Crippen LogP contribution in [0.4, 0.5) is 5.82 Å². The van der Waals surface area contributed by atoms with Crippen molar-refractivity contribution in [1.29, 1.82) is 0 Å².